The van der Waals surface area contributed by atoms with E-state index in [1.54, 1.807) is 6.07 Å². The van der Waals surface area contributed by atoms with Gasteiger partial charge in [-0.3, -0.25) is 4.98 Å². The lowest BCUT2D eigenvalue weighted by atomic mass is 10.4. The first kappa shape index (κ1) is 10.2. The zero-order chi connectivity index (χ0) is 10.3. The van der Waals surface area contributed by atoms with Crippen molar-refractivity contribution in [3.05, 3.63) is 23.4 Å². The molecule has 14 heavy (non-hydrogen) atoms. The number of nitrogens with zero attached hydrogens (tertiary/aromatic N) is 1. The van der Waals surface area contributed by atoms with Gasteiger partial charge >= 0.3 is 0 Å². The number of hydrogen-bond donors (Lipinski definition) is 0. The summed E-state index contributed by atoms with van der Waals surface area (Å²) in [7, 11) is 1.50. The van der Waals surface area contributed by atoms with Gasteiger partial charge in [0.15, 0.2) is 0 Å². The van der Waals surface area contributed by atoms with Crippen molar-refractivity contribution in [3.63, 3.8) is 0 Å². The Hall–Kier alpha value is -0.360. The van der Waals surface area contributed by atoms with Crippen LogP contribution in [0.25, 0.3) is 10.2 Å². The van der Waals surface area contributed by atoms with Crippen LogP contribution in [0, 0.1) is 0 Å². The molecule has 7 heteroatoms. The molecule has 0 fully saturated rings. The molecule has 0 atom stereocenters. The summed E-state index contributed by atoms with van der Waals surface area (Å²) in [6.45, 7) is 0. The Balaban J connectivity index is 2.81. The molecule has 0 aliphatic rings. The Morgan fingerprint density at radius 3 is 2.71 bits per heavy atom. The third-order valence-electron chi connectivity index (χ3n) is 1.58. The molecule has 2 heterocycles. The summed E-state index contributed by atoms with van der Waals surface area (Å²) in [5, 5.41) is 0.478. The highest BCUT2D eigenvalue weighted by atomic mass is 35.7. The van der Waals surface area contributed by atoms with Crippen LogP contribution in [0.4, 0.5) is 0 Å². The first-order valence-electron chi connectivity index (χ1n) is 3.47. The van der Waals surface area contributed by atoms with Crippen molar-refractivity contribution in [2.45, 2.75) is 4.21 Å². The molecule has 0 spiro atoms. The van der Waals surface area contributed by atoms with Crippen LogP contribution in [0.5, 0.6) is 0 Å². The quantitative estimate of drug-likeness (QED) is 0.747. The molecule has 0 aliphatic carbocycles. The van der Waals surface area contributed by atoms with Gasteiger partial charge in [-0.15, -0.1) is 11.3 Å². The van der Waals surface area contributed by atoms with Crippen molar-refractivity contribution in [2.75, 3.05) is 0 Å². The van der Waals surface area contributed by atoms with E-state index in [0.29, 0.717) is 15.2 Å². The van der Waals surface area contributed by atoms with Crippen molar-refractivity contribution >= 4 is 52.9 Å². The first-order chi connectivity index (χ1) is 6.48. The van der Waals surface area contributed by atoms with E-state index in [0.717, 1.165) is 11.3 Å². The predicted octanol–water partition coefficient (Wildman–Crippen LogP) is 2.88. The van der Waals surface area contributed by atoms with Gasteiger partial charge in [0.2, 0.25) is 0 Å². The zero-order valence-corrected chi connectivity index (χ0v) is 9.71. The van der Waals surface area contributed by atoms with Crippen molar-refractivity contribution in [2.24, 2.45) is 0 Å². The Kier molecular flexibility index (Phi) is 2.43. The molecule has 0 aromatic carbocycles. The van der Waals surface area contributed by atoms with Crippen molar-refractivity contribution < 1.29 is 8.42 Å². The van der Waals surface area contributed by atoms with Crippen molar-refractivity contribution in [3.8, 4) is 0 Å². The van der Waals surface area contributed by atoms with E-state index in [4.69, 9.17) is 22.3 Å². The number of fused-ring (bicyclic) bond motifs is 1. The Labute approximate surface area is 93.7 Å². The van der Waals surface area contributed by atoms with Gasteiger partial charge in [-0.05, 0) is 12.1 Å². The molecule has 74 valence electrons. The van der Waals surface area contributed by atoms with Gasteiger partial charge in [0.1, 0.15) is 4.21 Å². The van der Waals surface area contributed by atoms with Crippen LogP contribution < -0.4 is 0 Å². The van der Waals surface area contributed by atoms with E-state index < -0.39 is 9.05 Å². The molecule has 0 saturated heterocycles. The summed E-state index contributed by atoms with van der Waals surface area (Å²) in [6.07, 6.45) is 1.52. The number of rotatable bonds is 1. The van der Waals surface area contributed by atoms with Crippen molar-refractivity contribution in [1.82, 2.24) is 4.98 Å². The molecule has 0 saturated carbocycles. The minimum atomic E-state index is -3.69. The van der Waals surface area contributed by atoms with Crippen LogP contribution in [-0.4, -0.2) is 13.4 Å². The highest BCUT2D eigenvalue weighted by molar-refractivity contribution is 8.15. The van der Waals surface area contributed by atoms with Gasteiger partial charge in [0.05, 0.1) is 15.2 Å². The summed E-state index contributed by atoms with van der Waals surface area (Å²) in [5.41, 5.74) is 0.543. The molecule has 3 nitrogen and oxygen atoms in total. The average Bonchev–Trinajstić information content (AvgIpc) is 2.48. The van der Waals surface area contributed by atoms with Crippen LogP contribution in [0.15, 0.2) is 22.5 Å². The maximum Gasteiger partial charge on any atom is 0.270 e. The van der Waals surface area contributed by atoms with E-state index in [1.807, 2.05) is 0 Å². The largest absolute Gasteiger partial charge is 0.270 e. The molecular formula is C7H3Cl2NO2S2. The molecule has 0 amide bonds. The zero-order valence-electron chi connectivity index (χ0n) is 6.57. The number of aromatic nitrogens is 1. The van der Waals surface area contributed by atoms with Crippen LogP contribution in [0.2, 0.25) is 5.02 Å². The number of hydrogen-bond acceptors (Lipinski definition) is 4. The molecule has 0 bridgehead atoms. The maximum atomic E-state index is 11.0. The van der Waals surface area contributed by atoms with Crippen LogP contribution in [-0.2, 0) is 9.05 Å². The maximum absolute atomic E-state index is 11.0. The van der Waals surface area contributed by atoms with E-state index in [-0.39, 0.29) is 4.21 Å². The molecule has 0 aliphatic heterocycles. The SMILES string of the molecule is O=S(=O)(Cl)c1cc2nccc(Cl)c2s1. The van der Waals surface area contributed by atoms with Crippen LogP contribution in [0.3, 0.4) is 0 Å². The van der Waals surface area contributed by atoms with Crippen LogP contribution in [0.1, 0.15) is 0 Å². The van der Waals surface area contributed by atoms with Crippen molar-refractivity contribution in [1.29, 1.82) is 0 Å². The second kappa shape index (κ2) is 3.34. The molecular weight excluding hydrogens is 265 g/mol. The third kappa shape index (κ3) is 1.72. The summed E-state index contributed by atoms with van der Waals surface area (Å²) in [6, 6.07) is 3.01. The Morgan fingerprint density at radius 1 is 1.43 bits per heavy atom. The molecule has 2 rings (SSSR count). The van der Waals surface area contributed by atoms with Gasteiger partial charge in [0, 0.05) is 16.9 Å². The molecule has 0 N–H and O–H groups in total. The molecule has 2 aromatic rings. The van der Waals surface area contributed by atoms with Crippen LogP contribution >= 0.6 is 33.6 Å². The van der Waals surface area contributed by atoms with E-state index >= 15 is 0 Å². The molecule has 0 radical (unpaired) electrons. The number of thiophene rings is 1. The molecule has 0 unspecified atom stereocenters. The second-order valence-electron chi connectivity index (χ2n) is 2.51. The minimum absolute atomic E-state index is 0.0646. The summed E-state index contributed by atoms with van der Waals surface area (Å²) in [4.78, 5) is 3.98. The fourth-order valence-electron chi connectivity index (χ4n) is 1.01. The fraction of sp³-hybridized carbons (Fsp3) is 0. The standard InChI is InChI=1S/C7H3Cl2NO2S2/c8-4-1-2-10-5-3-6(13-7(4)5)14(9,11)12/h1-3H. The number of pyridine rings is 1. The second-order valence-corrected chi connectivity index (χ2v) is 6.76. The predicted molar refractivity (Wildman–Crippen MR) is 57.7 cm³/mol. The lowest BCUT2D eigenvalue weighted by molar-refractivity contribution is 0.611. The van der Waals surface area contributed by atoms with Gasteiger partial charge in [-0.2, -0.15) is 0 Å². The number of halogens is 2. The first-order valence-corrected chi connectivity index (χ1v) is 6.97. The van der Waals surface area contributed by atoms with E-state index in [2.05, 4.69) is 4.98 Å². The highest BCUT2D eigenvalue weighted by Crippen LogP contribution is 2.33. The normalized spacial score (nSPS) is 12.1. The Morgan fingerprint density at radius 2 is 2.14 bits per heavy atom. The van der Waals surface area contributed by atoms with Gasteiger partial charge in [-0.1, -0.05) is 11.6 Å². The summed E-state index contributed by atoms with van der Waals surface area (Å²) in [5.74, 6) is 0. The summed E-state index contributed by atoms with van der Waals surface area (Å²) >= 11 is 6.87. The average molecular weight is 268 g/mol. The lowest BCUT2D eigenvalue weighted by Crippen LogP contribution is -1.83. The lowest BCUT2D eigenvalue weighted by Gasteiger charge is -1.88. The topological polar surface area (TPSA) is 47.0 Å². The summed E-state index contributed by atoms with van der Waals surface area (Å²) < 4.78 is 22.7. The van der Waals surface area contributed by atoms with Gasteiger partial charge in [-0.25, -0.2) is 8.42 Å². The molecule has 2 aromatic heterocycles. The minimum Gasteiger partial charge on any atom is -0.255 e. The highest BCUT2D eigenvalue weighted by Gasteiger charge is 2.15. The third-order valence-corrected chi connectivity index (χ3v) is 5.24. The fourth-order valence-corrected chi connectivity index (χ4v) is 3.35. The smallest absolute Gasteiger partial charge is 0.255 e. The van der Waals surface area contributed by atoms with E-state index in [1.165, 1.54) is 12.3 Å². The monoisotopic (exact) mass is 267 g/mol. The van der Waals surface area contributed by atoms with Gasteiger partial charge < -0.3 is 0 Å². The van der Waals surface area contributed by atoms with Gasteiger partial charge in [0.25, 0.3) is 9.05 Å². The van der Waals surface area contributed by atoms with E-state index in [9.17, 15) is 8.42 Å². The Bertz CT molecular complexity index is 591.